The number of aromatic amines is 2. The summed E-state index contributed by atoms with van der Waals surface area (Å²) in [4.78, 5) is 24.5. The average Bonchev–Trinajstić information content (AvgIpc) is 2.20. The van der Waals surface area contributed by atoms with Crippen molar-refractivity contribution in [1.82, 2.24) is 24.9 Å². The Labute approximate surface area is 468 Å². The summed E-state index contributed by atoms with van der Waals surface area (Å²) in [5.74, 6) is 0.393. The Balaban J connectivity index is 1.24. The molecule has 0 aliphatic carbocycles. The maximum absolute atomic E-state index is 15.3. The molecule has 0 saturated heterocycles. The van der Waals surface area contributed by atoms with E-state index in [0.29, 0.717) is 83.5 Å². The zero-order valence-corrected chi connectivity index (χ0v) is 43.9. The third-order valence-corrected chi connectivity index (χ3v) is 16.5. The quantitative estimate of drug-likeness (QED) is 0.173. The number of fused-ring (bicyclic) bond motifs is 24. The molecule has 83 heavy (non-hydrogen) atoms. The molecule has 14 aromatic rings. The molecule has 5 heterocycles. The number of aryl methyl sites for hydroxylation is 1. The van der Waals surface area contributed by atoms with Gasteiger partial charge in [0.1, 0.15) is 5.65 Å². The largest absolute Gasteiger partial charge is 0.416 e. The van der Waals surface area contributed by atoms with Crippen LogP contribution in [0, 0.1) is 6.92 Å². The highest BCUT2D eigenvalue weighted by Crippen LogP contribution is 2.52. The number of alkyl halides is 6. The number of benzene rings is 11. The summed E-state index contributed by atoms with van der Waals surface area (Å²) in [6, 6.07) is 66.9. The van der Waals surface area contributed by atoms with E-state index in [2.05, 4.69) is 52.4 Å². The van der Waals surface area contributed by atoms with Gasteiger partial charge in [-0.15, -0.1) is 0 Å². The standard InChI is InChI=1S/C72H41F6N5/c1-38-13-10-22-47(27-38)60-63-52-30-39-14-2-3-15-40(39)31-53(52)64(79-63)61(48-23-11-25-50(28-48)71(73,74)75)65-54-32-41-16-4-5-17-42(41)33-55(54)66(80-65)62(49-24-12-26-51(29-49)72(76,77)78)68-57-35-44-19-7-9-21-46(44)37-59(57)70(82-68)83-69-58-36-45-20-8-6-18-43(45)34-56(58)67(60)81-69/h2-37,79H,1H3,(H,81,82,83). The van der Waals surface area contributed by atoms with Crippen LogP contribution in [0.4, 0.5) is 26.3 Å². The maximum Gasteiger partial charge on any atom is 0.416 e. The molecule has 0 atom stereocenters. The van der Waals surface area contributed by atoms with Crippen molar-refractivity contribution < 1.29 is 26.3 Å². The topological polar surface area (TPSA) is 70.2 Å². The van der Waals surface area contributed by atoms with Crippen LogP contribution in [0.15, 0.2) is 218 Å². The number of rotatable bonds is 3. The molecule has 5 nitrogen and oxygen atoms in total. The molecule has 2 N–H and O–H groups in total. The van der Waals surface area contributed by atoms with E-state index in [9.17, 15) is 0 Å². The number of H-pyrrole nitrogens is 2. The van der Waals surface area contributed by atoms with Crippen LogP contribution in [-0.4, -0.2) is 24.9 Å². The number of hydrogen-bond donors (Lipinski definition) is 2. The van der Waals surface area contributed by atoms with Gasteiger partial charge in [-0.2, -0.15) is 26.3 Å². The number of nitrogens with zero attached hydrogens (tertiary/aromatic N) is 3. The lowest BCUT2D eigenvalue weighted by Gasteiger charge is -2.12. The van der Waals surface area contributed by atoms with E-state index in [1.807, 2.05) is 134 Å². The lowest BCUT2D eigenvalue weighted by Crippen LogP contribution is -2.04. The van der Waals surface area contributed by atoms with Crippen molar-refractivity contribution in [3.05, 3.63) is 235 Å². The highest BCUT2D eigenvalue weighted by molar-refractivity contribution is 6.23. The van der Waals surface area contributed by atoms with E-state index in [1.54, 1.807) is 12.1 Å². The molecule has 8 bridgehead atoms. The van der Waals surface area contributed by atoms with E-state index >= 15 is 26.3 Å². The molecule has 11 heteroatoms. The highest BCUT2D eigenvalue weighted by atomic mass is 19.4. The summed E-state index contributed by atoms with van der Waals surface area (Å²) in [5, 5.41) is 9.95. The fourth-order valence-electron chi connectivity index (χ4n) is 12.7. The first-order valence-electron chi connectivity index (χ1n) is 27.1. The summed E-state index contributed by atoms with van der Waals surface area (Å²) in [6.45, 7) is 2.03. The number of nitrogens with one attached hydrogen (secondary N) is 2. The summed E-state index contributed by atoms with van der Waals surface area (Å²) in [5.41, 5.74) is 7.77. The van der Waals surface area contributed by atoms with Gasteiger partial charge in [0.05, 0.1) is 44.8 Å². The first-order valence-corrected chi connectivity index (χ1v) is 27.1. The van der Waals surface area contributed by atoms with Gasteiger partial charge >= 0.3 is 12.4 Å². The molecule has 0 unspecified atom stereocenters. The minimum Gasteiger partial charge on any atom is -0.353 e. The number of aromatic nitrogens is 5. The van der Waals surface area contributed by atoms with Crippen LogP contribution in [0.25, 0.3) is 165 Å². The van der Waals surface area contributed by atoms with Crippen LogP contribution in [0.2, 0.25) is 0 Å². The Morgan fingerprint density at radius 2 is 0.663 bits per heavy atom. The van der Waals surface area contributed by atoms with Crippen LogP contribution in [0.5, 0.6) is 0 Å². The predicted molar refractivity (Wildman–Crippen MR) is 324 cm³/mol. The van der Waals surface area contributed by atoms with Gasteiger partial charge in [0.15, 0.2) is 5.82 Å². The Morgan fingerprint density at radius 1 is 0.313 bits per heavy atom. The first kappa shape index (κ1) is 48.5. The first-order chi connectivity index (χ1) is 40.3. The van der Waals surface area contributed by atoms with Gasteiger partial charge in [-0.1, -0.05) is 151 Å². The van der Waals surface area contributed by atoms with Crippen LogP contribution in [0.1, 0.15) is 16.7 Å². The Bertz CT molecular complexity index is 5340. The van der Waals surface area contributed by atoms with Gasteiger partial charge in [0.2, 0.25) is 0 Å². The molecular formula is C72H41F6N5. The van der Waals surface area contributed by atoms with Crippen molar-refractivity contribution in [1.29, 1.82) is 0 Å². The van der Waals surface area contributed by atoms with Crippen molar-refractivity contribution >= 4 is 86.8 Å². The van der Waals surface area contributed by atoms with E-state index in [-0.39, 0.29) is 11.1 Å². The molecule has 0 spiro atoms. The van der Waals surface area contributed by atoms with Crippen molar-refractivity contribution in [2.24, 2.45) is 0 Å². The smallest absolute Gasteiger partial charge is 0.353 e. The van der Waals surface area contributed by atoms with Crippen LogP contribution in [0.3, 0.4) is 0 Å². The zero-order valence-electron chi connectivity index (χ0n) is 43.9. The highest BCUT2D eigenvalue weighted by Gasteiger charge is 2.35. The number of halogens is 6. The molecule has 396 valence electrons. The molecule has 2 aliphatic rings. The molecule has 2 aliphatic heterocycles. The minimum absolute atomic E-state index is 0.200. The van der Waals surface area contributed by atoms with Gasteiger partial charge < -0.3 is 9.97 Å². The maximum atomic E-state index is 15.3. The van der Waals surface area contributed by atoms with Gasteiger partial charge in [-0.05, 0) is 140 Å². The summed E-state index contributed by atoms with van der Waals surface area (Å²) < 4.78 is 91.4. The molecule has 0 radical (unpaired) electrons. The van der Waals surface area contributed by atoms with E-state index in [1.165, 1.54) is 12.1 Å². The zero-order chi connectivity index (χ0) is 56.0. The average molecular weight is 1090 g/mol. The molecule has 0 fully saturated rings. The van der Waals surface area contributed by atoms with Gasteiger partial charge in [0, 0.05) is 60.5 Å². The Morgan fingerprint density at radius 3 is 1.10 bits per heavy atom. The monoisotopic (exact) mass is 1090 g/mol. The molecule has 11 aromatic carbocycles. The van der Waals surface area contributed by atoms with Gasteiger partial charge in [-0.3, -0.25) is 0 Å². The number of hydrogen-bond acceptors (Lipinski definition) is 3. The fourth-order valence-corrected chi connectivity index (χ4v) is 12.7. The summed E-state index contributed by atoms with van der Waals surface area (Å²) in [7, 11) is 0. The molecular weight excluding hydrogens is 1050 g/mol. The lowest BCUT2D eigenvalue weighted by atomic mass is 9.91. The van der Waals surface area contributed by atoms with Gasteiger partial charge in [-0.25, -0.2) is 15.0 Å². The van der Waals surface area contributed by atoms with E-state index < -0.39 is 23.5 Å². The second kappa shape index (κ2) is 17.8. The second-order valence-corrected chi connectivity index (χ2v) is 21.6. The normalized spacial score (nSPS) is 12.5. The van der Waals surface area contributed by atoms with Crippen molar-refractivity contribution in [3.8, 4) is 78.5 Å². The van der Waals surface area contributed by atoms with Crippen LogP contribution in [-0.2, 0) is 12.4 Å². The van der Waals surface area contributed by atoms with Gasteiger partial charge in [0.25, 0.3) is 0 Å². The third kappa shape index (κ3) is 7.75. The SMILES string of the molecule is Cc1cccc(-c2c3nc(nc4[nH]c(c(-c5cccc(C(F)(F)F)c5)c5nc(c(-c6cccc(C(F)(F)F)c6)c6[nH]c2c2cc7ccccc7cc62)-c2cc6ccccc6cc2-5)c2cc5ccccc5cc42)-c2cc4ccccc4cc2-3)c1. The van der Waals surface area contributed by atoms with Crippen molar-refractivity contribution in [2.45, 2.75) is 19.3 Å². The second-order valence-electron chi connectivity index (χ2n) is 21.6. The summed E-state index contributed by atoms with van der Waals surface area (Å²) in [6.07, 6.45) is -9.46. The van der Waals surface area contributed by atoms with E-state index in [0.717, 1.165) is 101 Å². The molecule has 16 rings (SSSR count). The van der Waals surface area contributed by atoms with Crippen molar-refractivity contribution in [3.63, 3.8) is 0 Å². The Kier molecular flexibility index (Phi) is 10.4. The van der Waals surface area contributed by atoms with Crippen molar-refractivity contribution in [2.75, 3.05) is 0 Å². The van der Waals surface area contributed by atoms with E-state index in [4.69, 9.17) is 15.0 Å². The summed E-state index contributed by atoms with van der Waals surface area (Å²) >= 11 is 0. The van der Waals surface area contributed by atoms with Crippen LogP contribution >= 0.6 is 0 Å². The Hall–Kier alpha value is -10.4. The molecule has 3 aromatic heterocycles. The lowest BCUT2D eigenvalue weighted by molar-refractivity contribution is -0.138. The molecule has 0 saturated carbocycles. The fraction of sp³-hybridized carbons (Fsp3) is 0.0417. The van der Waals surface area contributed by atoms with Crippen LogP contribution < -0.4 is 0 Å². The third-order valence-electron chi connectivity index (χ3n) is 16.5. The minimum atomic E-state index is -4.73. The predicted octanol–water partition coefficient (Wildman–Crippen LogP) is 20.6. The molecule has 0 amide bonds.